The third-order valence-corrected chi connectivity index (χ3v) is 7.58. The van der Waals surface area contributed by atoms with Crippen molar-refractivity contribution in [1.82, 2.24) is 10.3 Å². The van der Waals surface area contributed by atoms with Gasteiger partial charge < -0.3 is 20.1 Å². The van der Waals surface area contributed by atoms with Crippen LogP contribution < -0.4 is 15.6 Å². The van der Waals surface area contributed by atoms with Gasteiger partial charge >= 0.3 is 0 Å². The molecule has 3 aromatic carbocycles. The Morgan fingerprint density at radius 2 is 1.63 bits per heavy atom. The normalized spacial score (nSPS) is 14.1. The Bertz CT molecular complexity index is 1410. The number of pyridine rings is 1. The van der Waals surface area contributed by atoms with Crippen molar-refractivity contribution >= 4 is 10.9 Å². The number of aryl methyl sites for hydroxylation is 2. The molecule has 38 heavy (non-hydrogen) atoms. The molecular formula is C33H38N2O3. The van der Waals surface area contributed by atoms with Gasteiger partial charge in [0.2, 0.25) is 5.56 Å². The lowest BCUT2D eigenvalue weighted by Crippen LogP contribution is -2.33. The Hall–Kier alpha value is -3.41. The molecular weight excluding hydrogens is 472 g/mol. The molecule has 5 nitrogen and oxygen atoms in total. The van der Waals surface area contributed by atoms with Crippen LogP contribution in [0.1, 0.15) is 66.2 Å². The summed E-state index contributed by atoms with van der Waals surface area (Å²) < 4.78 is 6.06. The van der Waals surface area contributed by atoms with Gasteiger partial charge in [-0.05, 0) is 71.2 Å². The van der Waals surface area contributed by atoms with Crippen molar-refractivity contribution in [2.45, 2.75) is 71.1 Å². The molecule has 1 aliphatic rings. The number of aliphatic hydroxyl groups is 1. The van der Waals surface area contributed by atoms with Crippen molar-refractivity contribution in [2.24, 2.45) is 0 Å². The molecule has 0 bridgehead atoms. The number of H-pyrrole nitrogens is 1. The number of aliphatic hydroxyl groups excluding tert-OH is 1. The van der Waals surface area contributed by atoms with Crippen LogP contribution in [0.25, 0.3) is 10.9 Å². The quantitative estimate of drug-likeness (QED) is 0.238. The number of hydrogen-bond donors (Lipinski definition) is 3. The lowest BCUT2D eigenvalue weighted by atomic mass is 9.94. The minimum absolute atomic E-state index is 0.194. The molecule has 0 spiro atoms. The molecule has 0 radical (unpaired) electrons. The number of fused-ring (bicyclic) bond motifs is 2. The van der Waals surface area contributed by atoms with Crippen molar-refractivity contribution in [3.8, 4) is 5.75 Å². The average Bonchev–Trinajstić information content (AvgIpc) is 3.33. The Morgan fingerprint density at radius 3 is 2.29 bits per heavy atom. The van der Waals surface area contributed by atoms with Crippen LogP contribution in [-0.4, -0.2) is 22.7 Å². The first-order valence-corrected chi connectivity index (χ1v) is 13.9. The monoisotopic (exact) mass is 510 g/mol. The number of aromatic amines is 1. The number of hydrogen-bond acceptors (Lipinski definition) is 4. The number of nitrogens with one attached hydrogen (secondary N) is 2. The summed E-state index contributed by atoms with van der Waals surface area (Å²) in [5.74, 6) is 0.600. The Labute approximate surface area is 224 Å². The van der Waals surface area contributed by atoms with Gasteiger partial charge in [0.05, 0.1) is 11.6 Å². The molecule has 198 valence electrons. The maximum Gasteiger partial charge on any atom is 0.248 e. The summed E-state index contributed by atoms with van der Waals surface area (Å²) in [6.45, 7) is 5.34. The first kappa shape index (κ1) is 26.2. The third kappa shape index (κ3) is 5.85. The maximum atomic E-state index is 12.1. The van der Waals surface area contributed by atoms with Crippen LogP contribution in [0.15, 0.2) is 71.5 Å². The zero-order valence-electron chi connectivity index (χ0n) is 22.4. The molecule has 1 heterocycles. The van der Waals surface area contributed by atoms with E-state index in [1.54, 1.807) is 6.07 Å². The smallest absolute Gasteiger partial charge is 0.248 e. The van der Waals surface area contributed by atoms with Crippen LogP contribution in [-0.2, 0) is 32.3 Å². The Balaban J connectivity index is 1.29. The van der Waals surface area contributed by atoms with E-state index in [1.807, 2.05) is 42.5 Å². The standard InChI is InChI=1S/C33H38N2O3/c1-3-8-23-16-25-18-27(19-26(25)17-24(23)9-4-2)34-20-30(36)28-12-14-31(33-29(28)13-15-32(37)35-33)38-21-22-10-6-5-7-11-22/h5-7,10-17,27,30,34,36H,3-4,8-9,18-21H2,1-2H3,(H,35,37)/t30-/m1/s1. The van der Waals surface area contributed by atoms with E-state index >= 15 is 0 Å². The molecule has 0 saturated carbocycles. The zero-order chi connectivity index (χ0) is 26.5. The highest BCUT2D eigenvalue weighted by Crippen LogP contribution is 2.31. The zero-order valence-corrected chi connectivity index (χ0v) is 22.4. The summed E-state index contributed by atoms with van der Waals surface area (Å²) in [5, 5.41) is 15.6. The van der Waals surface area contributed by atoms with Crippen LogP contribution in [0, 0.1) is 0 Å². The summed E-state index contributed by atoms with van der Waals surface area (Å²) >= 11 is 0. The first-order valence-electron chi connectivity index (χ1n) is 13.9. The average molecular weight is 511 g/mol. The lowest BCUT2D eigenvalue weighted by Gasteiger charge is -2.19. The van der Waals surface area contributed by atoms with E-state index in [0.29, 0.717) is 30.5 Å². The highest BCUT2D eigenvalue weighted by molar-refractivity contribution is 5.87. The van der Waals surface area contributed by atoms with Gasteiger partial charge in [-0.25, -0.2) is 0 Å². The number of benzene rings is 3. The van der Waals surface area contributed by atoms with Gasteiger partial charge in [-0.3, -0.25) is 4.79 Å². The van der Waals surface area contributed by atoms with Crippen LogP contribution in [0.5, 0.6) is 5.75 Å². The molecule has 3 N–H and O–H groups in total. The summed E-state index contributed by atoms with van der Waals surface area (Å²) in [6.07, 6.45) is 5.88. The van der Waals surface area contributed by atoms with Crippen LogP contribution in [0.2, 0.25) is 0 Å². The van der Waals surface area contributed by atoms with E-state index in [-0.39, 0.29) is 5.56 Å². The van der Waals surface area contributed by atoms with Crippen molar-refractivity contribution in [3.63, 3.8) is 0 Å². The fourth-order valence-corrected chi connectivity index (χ4v) is 5.71. The number of rotatable bonds is 11. The molecule has 5 rings (SSSR count). The van der Waals surface area contributed by atoms with Crippen LogP contribution >= 0.6 is 0 Å². The summed E-state index contributed by atoms with van der Waals surface area (Å²) in [4.78, 5) is 15.1. The second-order valence-electron chi connectivity index (χ2n) is 10.5. The molecule has 5 heteroatoms. The molecule has 1 aromatic heterocycles. The van der Waals surface area contributed by atoms with Gasteiger partial charge in [-0.1, -0.05) is 75.2 Å². The van der Waals surface area contributed by atoms with Gasteiger partial charge in [-0.15, -0.1) is 0 Å². The summed E-state index contributed by atoms with van der Waals surface area (Å²) in [6, 6.07) is 22.1. The predicted molar refractivity (Wildman–Crippen MR) is 154 cm³/mol. The van der Waals surface area contributed by atoms with Gasteiger partial charge in [0, 0.05) is 24.0 Å². The minimum atomic E-state index is -0.707. The Kier molecular flexibility index (Phi) is 8.26. The number of aromatic nitrogens is 1. The first-order chi connectivity index (χ1) is 18.6. The van der Waals surface area contributed by atoms with E-state index in [0.717, 1.165) is 42.2 Å². The van der Waals surface area contributed by atoms with Crippen molar-refractivity contribution in [3.05, 3.63) is 110 Å². The lowest BCUT2D eigenvalue weighted by molar-refractivity contribution is 0.171. The van der Waals surface area contributed by atoms with E-state index < -0.39 is 6.10 Å². The van der Waals surface area contributed by atoms with E-state index in [2.05, 4.69) is 36.3 Å². The molecule has 0 amide bonds. The van der Waals surface area contributed by atoms with Gasteiger partial charge in [0.15, 0.2) is 0 Å². The highest BCUT2D eigenvalue weighted by Gasteiger charge is 2.24. The molecule has 1 atom stereocenters. The van der Waals surface area contributed by atoms with Crippen molar-refractivity contribution < 1.29 is 9.84 Å². The van der Waals surface area contributed by atoms with Gasteiger partial charge in [-0.2, -0.15) is 0 Å². The van der Waals surface area contributed by atoms with E-state index in [4.69, 9.17) is 4.74 Å². The summed E-state index contributed by atoms with van der Waals surface area (Å²) in [5.41, 5.74) is 8.15. The SMILES string of the molecule is CCCc1cc2c(cc1CCC)CC(NC[C@@H](O)c1ccc(OCc3ccccc3)c3[nH]c(=O)ccc13)C2. The second-order valence-corrected chi connectivity index (χ2v) is 10.5. The fraction of sp³-hybridized carbons (Fsp3) is 0.364. The largest absolute Gasteiger partial charge is 0.487 e. The molecule has 0 unspecified atom stereocenters. The molecule has 0 saturated heterocycles. The van der Waals surface area contributed by atoms with Gasteiger partial charge in [0.25, 0.3) is 0 Å². The minimum Gasteiger partial charge on any atom is -0.487 e. The molecule has 1 aliphatic carbocycles. The topological polar surface area (TPSA) is 74.3 Å². The predicted octanol–water partition coefficient (Wildman–Crippen LogP) is 5.80. The highest BCUT2D eigenvalue weighted by atomic mass is 16.5. The molecule has 0 fully saturated rings. The van der Waals surface area contributed by atoms with Crippen molar-refractivity contribution in [1.29, 1.82) is 0 Å². The van der Waals surface area contributed by atoms with Crippen LogP contribution in [0.3, 0.4) is 0 Å². The van der Waals surface area contributed by atoms with E-state index in [1.165, 1.54) is 41.2 Å². The van der Waals surface area contributed by atoms with Gasteiger partial charge in [0.1, 0.15) is 12.4 Å². The molecule has 0 aliphatic heterocycles. The number of ether oxygens (including phenoxy) is 1. The maximum absolute atomic E-state index is 12.1. The van der Waals surface area contributed by atoms with Crippen molar-refractivity contribution in [2.75, 3.05) is 6.54 Å². The third-order valence-electron chi connectivity index (χ3n) is 7.58. The molecule has 4 aromatic rings. The van der Waals surface area contributed by atoms with E-state index in [9.17, 15) is 9.90 Å². The Morgan fingerprint density at radius 1 is 0.947 bits per heavy atom. The second kappa shape index (κ2) is 12.0. The fourth-order valence-electron chi connectivity index (χ4n) is 5.71. The summed E-state index contributed by atoms with van der Waals surface area (Å²) in [7, 11) is 0. The van der Waals surface area contributed by atoms with Crippen LogP contribution in [0.4, 0.5) is 0 Å².